The van der Waals surface area contributed by atoms with E-state index < -0.39 is 0 Å². The third-order valence-electron chi connectivity index (χ3n) is 7.01. The van der Waals surface area contributed by atoms with Gasteiger partial charge in [-0.25, -0.2) is 4.98 Å². The number of carbonyl (C=O) groups excluding carboxylic acids is 1. The fourth-order valence-electron chi connectivity index (χ4n) is 5.44. The highest BCUT2D eigenvalue weighted by Crippen LogP contribution is 2.29. The molecule has 3 atom stereocenters. The number of fused-ring (bicyclic) bond motifs is 1. The number of hydrogen-bond acceptors (Lipinski definition) is 5. The number of amides is 1. The Kier molecular flexibility index (Phi) is 6.30. The molecule has 2 aliphatic heterocycles. The molecule has 0 radical (unpaired) electrons. The zero-order valence-corrected chi connectivity index (χ0v) is 19.5. The third-order valence-corrected chi connectivity index (χ3v) is 8.06. The maximum atomic E-state index is 13.3. The van der Waals surface area contributed by atoms with Crippen molar-refractivity contribution >= 4 is 27.5 Å². The summed E-state index contributed by atoms with van der Waals surface area (Å²) in [5.41, 5.74) is 1.22. The summed E-state index contributed by atoms with van der Waals surface area (Å²) in [5.74, 6) is 0.234. The minimum absolute atomic E-state index is 0.0806. The van der Waals surface area contributed by atoms with Crippen LogP contribution in [0.5, 0.6) is 0 Å². The molecule has 164 valence electrons. The minimum atomic E-state index is 0.0806. The Morgan fingerprint density at radius 2 is 1.93 bits per heavy atom. The summed E-state index contributed by atoms with van der Waals surface area (Å²) in [4.78, 5) is 37.4. The van der Waals surface area contributed by atoms with Crippen LogP contribution < -0.4 is 5.56 Å². The van der Waals surface area contributed by atoms with Gasteiger partial charge in [0.25, 0.3) is 5.56 Å². The largest absolute Gasteiger partial charge is 0.336 e. The monoisotopic (exact) mass is 430 g/mol. The third kappa shape index (κ3) is 3.94. The van der Waals surface area contributed by atoms with Crippen LogP contribution in [0.1, 0.15) is 69.4 Å². The summed E-state index contributed by atoms with van der Waals surface area (Å²) < 4.78 is 1.83. The van der Waals surface area contributed by atoms with Gasteiger partial charge in [0.1, 0.15) is 4.83 Å². The molecular weight excluding hydrogens is 396 g/mol. The van der Waals surface area contributed by atoms with Crippen LogP contribution in [-0.4, -0.2) is 57.0 Å². The molecule has 0 aromatic carbocycles. The molecule has 2 saturated heterocycles. The van der Waals surface area contributed by atoms with Crippen molar-refractivity contribution in [2.75, 3.05) is 19.6 Å². The summed E-state index contributed by atoms with van der Waals surface area (Å²) in [7, 11) is 0. The smallest absolute Gasteiger partial charge is 0.262 e. The predicted molar refractivity (Wildman–Crippen MR) is 122 cm³/mol. The van der Waals surface area contributed by atoms with E-state index in [-0.39, 0.29) is 17.5 Å². The zero-order valence-electron chi connectivity index (χ0n) is 18.7. The number of thiophene rings is 1. The summed E-state index contributed by atoms with van der Waals surface area (Å²) >= 11 is 1.61. The Bertz CT molecular complexity index is 971. The van der Waals surface area contributed by atoms with Crippen LogP contribution in [0.15, 0.2) is 11.1 Å². The zero-order chi connectivity index (χ0) is 21.4. The Balaban J connectivity index is 1.52. The average molecular weight is 431 g/mol. The van der Waals surface area contributed by atoms with Crippen LogP contribution in [0.2, 0.25) is 0 Å². The van der Waals surface area contributed by atoms with Crippen LogP contribution in [0.25, 0.3) is 10.2 Å². The number of hydrogen-bond donors (Lipinski definition) is 0. The minimum Gasteiger partial charge on any atom is -0.336 e. The lowest BCUT2D eigenvalue weighted by atomic mass is 9.97. The molecule has 0 bridgehead atoms. The topological polar surface area (TPSA) is 58.4 Å². The molecule has 4 rings (SSSR count). The molecule has 1 amide bonds. The van der Waals surface area contributed by atoms with Crippen molar-refractivity contribution in [3.8, 4) is 0 Å². The predicted octanol–water partition coefficient (Wildman–Crippen LogP) is 3.76. The van der Waals surface area contributed by atoms with E-state index in [4.69, 9.17) is 0 Å². The molecule has 7 heteroatoms. The van der Waals surface area contributed by atoms with Gasteiger partial charge in [0, 0.05) is 23.5 Å². The fourth-order valence-corrected chi connectivity index (χ4v) is 6.52. The first-order chi connectivity index (χ1) is 14.4. The van der Waals surface area contributed by atoms with E-state index in [1.807, 2.05) is 4.57 Å². The quantitative estimate of drug-likeness (QED) is 0.741. The van der Waals surface area contributed by atoms with Crippen molar-refractivity contribution in [1.29, 1.82) is 0 Å². The van der Waals surface area contributed by atoms with Crippen LogP contribution in [0.3, 0.4) is 0 Å². The van der Waals surface area contributed by atoms with Crippen molar-refractivity contribution in [1.82, 2.24) is 19.4 Å². The molecular formula is C23H34N4O2S. The Morgan fingerprint density at radius 1 is 1.20 bits per heavy atom. The summed E-state index contributed by atoms with van der Waals surface area (Å²) in [6.07, 6.45) is 7.93. The van der Waals surface area contributed by atoms with Gasteiger partial charge < -0.3 is 4.90 Å². The number of rotatable bonds is 4. The highest BCUT2D eigenvalue weighted by Gasteiger charge is 2.31. The van der Waals surface area contributed by atoms with Gasteiger partial charge >= 0.3 is 0 Å². The van der Waals surface area contributed by atoms with Crippen LogP contribution in [-0.2, 0) is 11.2 Å². The Morgan fingerprint density at radius 3 is 2.63 bits per heavy atom. The van der Waals surface area contributed by atoms with Gasteiger partial charge in [0.2, 0.25) is 5.91 Å². The van der Waals surface area contributed by atoms with Crippen molar-refractivity contribution in [2.45, 2.75) is 84.3 Å². The standard InChI is InChI=1S/C23H34N4O2S/c1-5-19-17(4)30-22-21(19)23(29)26(14-24-22)18-10-7-11-25(12-18)13-20(28)27-15(2)8-6-9-16(27)3/h14-16,18H,5-13H2,1-4H3/t15-,16-,18+/m0/s1. The second-order valence-corrected chi connectivity index (χ2v) is 10.3. The van der Waals surface area contributed by atoms with Crippen molar-refractivity contribution in [2.24, 2.45) is 0 Å². The first kappa shape index (κ1) is 21.5. The van der Waals surface area contributed by atoms with Gasteiger partial charge in [0.15, 0.2) is 0 Å². The van der Waals surface area contributed by atoms with Crippen LogP contribution >= 0.6 is 11.3 Å². The Labute approximate surface area is 182 Å². The van der Waals surface area contributed by atoms with E-state index in [9.17, 15) is 9.59 Å². The highest BCUT2D eigenvalue weighted by atomic mass is 32.1. The lowest BCUT2D eigenvalue weighted by Crippen LogP contribution is -2.52. The van der Waals surface area contributed by atoms with Gasteiger partial charge in [-0.1, -0.05) is 6.92 Å². The number of likely N-dealkylation sites (tertiary alicyclic amines) is 2. The maximum absolute atomic E-state index is 13.3. The van der Waals surface area contributed by atoms with Crippen molar-refractivity contribution in [3.63, 3.8) is 0 Å². The van der Waals surface area contributed by atoms with Gasteiger partial charge in [-0.2, -0.15) is 0 Å². The summed E-state index contributed by atoms with van der Waals surface area (Å²) in [6, 6.07) is 0.729. The first-order valence-electron chi connectivity index (χ1n) is 11.4. The van der Waals surface area contributed by atoms with Gasteiger partial charge in [-0.3, -0.25) is 19.1 Å². The lowest BCUT2D eigenvalue weighted by molar-refractivity contribution is -0.138. The normalized spacial score (nSPS) is 25.7. The summed E-state index contributed by atoms with van der Waals surface area (Å²) in [6.45, 7) is 10.6. The number of aromatic nitrogens is 2. The van der Waals surface area contributed by atoms with Gasteiger partial charge in [-0.05, 0) is 71.4 Å². The van der Waals surface area contributed by atoms with E-state index in [1.54, 1.807) is 17.7 Å². The van der Waals surface area contributed by atoms with Crippen molar-refractivity contribution in [3.05, 3.63) is 27.1 Å². The molecule has 0 N–H and O–H groups in total. The van der Waals surface area contributed by atoms with Crippen molar-refractivity contribution < 1.29 is 4.79 Å². The molecule has 0 aliphatic carbocycles. The Hall–Kier alpha value is -1.73. The fraction of sp³-hybridized carbons (Fsp3) is 0.696. The highest BCUT2D eigenvalue weighted by molar-refractivity contribution is 7.18. The number of aryl methyl sites for hydroxylation is 2. The molecule has 2 fully saturated rings. The summed E-state index contributed by atoms with van der Waals surface area (Å²) in [5, 5.41) is 0.798. The van der Waals surface area contributed by atoms with Gasteiger partial charge in [-0.15, -0.1) is 11.3 Å². The molecule has 0 saturated carbocycles. The van der Waals surface area contributed by atoms with Crippen LogP contribution in [0, 0.1) is 6.92 Å². The number of piperidine rings is 2. The average Bonchev–Trinajstić information content (AvgIpc) is 3.04. The molecule has 0 spiro atoms. The maximum Gasteiger partial charge on any atom is 0.262 e. The molecule has 2 aromatic heterocycles. The molecule has 4 heterocycles. The molecule has 0 unspecified atom stereocenters. The molecule has 6 nitrogen and oxygen atoms in total. The van der Waals surface area contributed by atoms with Gasteiger partial charge in [0.05, 0.1) is 24.3 Å². The van der Waals surface area contributed by atoms with E-state index in [2.05, 4.69) is 42.5 Å². The second kappa shape index (κ2) is 8.79. The SMILES string of the molecule is CCc1c(C)sc2ncn([C@@H]3CCCN(CC(=O)N4[C@@H](C)CCC[C@@H]4C)C3)c(=O)c12. The number of carbonyl (C=O) groups is 1. The van der Waals surface area contributed by atoms with Crippen LogP contribution in [0.4, 0.5) is 0 Å². The van der Waals surface area contributed by atoms with E-state index in [0.717, 1.165) is 61.0 Å². The molecule has 30 heavy (non-hydrogen) atoms. The van der Waals surface area contributed by atoms with E-state index in [1.165, 1.54) is 11.3 Å². The lowest BCUT2D eigenvalue weighted by Gasteiger charge is -2.41. The van der Waals surface area contributed by atoms with E-state index >= 15 is 0 Å². The molecule has 2 aliphatic rings. The van der Waals surface area contributed by atoms with E-state index in [0.29, 0.717) is 18.6 Å². The molecule has 2 aromatic rings. The first-order valence-corrected chi connectivity index (χ1v) is 12.2. The number of nitrogens with zero attached hydrogens (tertiary/aromatic N) is 4. The second-order valence-electron chi connectivity index (χ2n) is 9.09.